The molecule has 3 rings (SSSR count). The average Bonchev–Trinajstić information content (AvgIpc) is 3.06. The molecule has 2 aliphatic heterocycles. The first kappa shape index (κ1) is 17.4. The van der Waals surface area contributed by atoms with Crippen LogP contribution in [0.5, 0.6) is 0 Å². The van der Waals surface area contributed by atoms with E-state index in [0.29, 0.717) is 13.1 Å². The maximum Gasteiger partial charge on any atom is 0.324 e. The second-order valence-corrected chi connectivity index (χ2v) is 6.69. The lowest BCUT2D eigenvalue weighted by molar-refractivity contribution is -0.915. The van der Waals surface area contributed by atoms with Crippen LogP contribution in [-0.2, 0) is 4.79 Å². The minimum absolute atomic E-state index is 0.0686. The monoisotopic (exact) mass is 345 g/mol. The topological polar surface area (TPSA) is 74.2 Å². The minimum Gasteiger partial charge on any atom is -0.360 e. The van der Waals surface area contributed by atoms with Gasteiger partial charge in [-0.3, -0.25) is 14.5 Å². The third-order valence-corrected chi connectivity index (χ3v) is 5.15. The van der Waals surface area contributed by atoms with Crippen molar-refractivity contribution in [3.05, 3.63) is 29.8 Å². The van der Waals surface area contributed by atoms with Gasteiger partial charge in [-0.05, 0) is 38.1 Å². The van der Waals surface area contributed by atoms with Crippen molar-refractivity contribution in [3.8, 4) is 0 Å². The Kier molecular flexibility index (Phi) is 5.03. The number of Topliss-reactive ketones (excluding diaryl/α,β-unsaturated/α-hetero) is 1. The second-order valence-electron chi connectivity index (χ2n) is 6.69. The third kappa shape index (κ3) is 3.66. The number of benzene rings is 1. The Hall–Kier alpha value is -2.41. The summed E-state index contributed by atoms with van der Waals surface area (Å²) in [7, 11) is 0. The van der Waals surface area contributed by atoms with Crippen molar-refractivity contribution >= 4 is 23.4 Å². The minimum atomic E-state index is -0.277. The Morgan fingerprint density at radius 3 is 2.28 bits per heavy atom. The number of ketones is 1. The number of imide groups is 1. The van der Waals surface area contributed by atoms with Gasteiger partial charge in [-0.15, -0.1) is 0 Å². The summed E-state index contributed by atoms with van der Waals surface area (Å²) >= 11 is 0. The molecule has 25 heavy (non-hydrogen) atoms. The molecule has 2 aliphatic rings. The second kappa shape index (κ2) is 7.23. The number of urea groups is 1. The summed E-state index contributed by atoms with van der Waals surface area (Å²) in [5.41, 5.74) is 1.82. The molecule has 134 valence electrons. The van der Waals surface area contributed by atoms with E-state index < -0.39 is 0 Å². The van der Waals surface area contributed by atoms with Gasteiger partial charge in [0.25, 0.3) is 5.91 Å². The van der Waals surface area contributed by atoms with Crippen LogP contribution in [0.1, 0.15) is 24.2 Å². The van der Waals surface area contributed by atoms with Crippen LogP contribution in [0.3, 0.4) is 0 Å². The van der Waals surface area contributed by atoms with Crippen LogP contribution >= 0.6 is 0 Å². The van der Waals surface area contributed by atoms with Gasteiger partial charge in [-0.2, -0.15) is 0 Å². The number of rotatable bonds is 4. The van der Waals surface area contributed by atoms with E-state index in [2.05, 4.69) is 10.2 Å². The molecule has 7 nitrogen and oxygen atoms in total. The van der Waals surface area contributed by atoms with E-state index in [0.717, 1.165) is 37.4 Å². The molecule has 7 heteroatoms. The maximum atomic E-state index is 12.5. The van der Waals surface area contributed by atoms with Crippen molar-refractivity contribution in [2.45, 2.75) is 19.9 Å². The van der Waals surface area contributed by atoms with Crippen molar-refractivity contribution in [2.24, 2.45) is 0 Å². The normalized spacial score (nSPS) is 19.7. The van der Waals surface area contributed by atoms with Crippen LogP contribution in [0, 0.1) is 0 Å². The fourth-order valence-corrected chi connectivity index (χ4v) is 3.48. The summed E-state index contributed by atoms with van der Waals surface area (Å²) in [5.74, 6) is -0.0247. The molecule has 2 saturated heterocycles. The van der Waals surface area contributed by atoms with Crippen LogP contribution < -0.4 is 15.1 Å². The average molecular weight is 345 g/mol. The van der Waals surface area contributed by atoms with Gasteiger partial charge in [-0.25, -0.2) is 4.79 Å². The van der Waals surface area contributed by atoms with Crippen LogP contribution in [0.4, 0.5) is 10.5 Å². The summed E-state index contributed by atoms with van der Waals surface area (Å²) in [4.78, 5) is 40.3. The standard InChI is InChI=1S/C18H24N4O3/c1-13(17(24)22-8-7-19-18(22)25)20-9-11-21(12-10-20)16-5-3-15(4-6-16)14(2)23/h3-6,13H,7-12H2,1-2H3,(H,19,25)/p+1/t13-/m0/s1. The van der Waals surface area contributed by atoms with Crippen LogP contribution in [0.15, 0.2) is 24.3 Å². The van der Waals surface area contributed by atoms with Gasteiger partial charge < -0.3 is 15.1 Å². The summed E-state index contributed by atoms with van der Waals surface area (Å²) in [5, 5.41) is 2.67. The van der Waals surface area contributed by atoms with E-state index in [-0.39, 0.29) is 23.8 Å². The van der Waals surface area contributed by atoms with Gasteiger partial charge in [0.1, 0.15) is 0 Å². The fraction of sp³-hybridized carbons (Fsp3) is 0.500. The van der Waals surface area contributed by atoms with Crippen molar-refractivity contribution in [1.29, 1.82) is 0 Å². The number of piperazine rings is 1. The molecule has 1 atom stereocenters. The number of carbonyl (C=O) groups is 3. The Balaban J connectivity index is 1.56. The Bertz CT molecular complexity index is 665. The van der Waals surface area contributed by atoms with Gasteiger partial charge in [0.2, 0.25) is 0 Å². The van der Waals surface area contributed by atoms with Crippen LogP contribution in [0.2, 0.25) is 0 Å². The van der Waals surface area contributed by atoms with Gasteiger partial charge in [0, 0.05) is 24.3 Å². The quantitative estimate of drug-likeness (QED) is 0.724. The molecule has 0 aliphatic carbocycles. The number of hydrogen-bond donors (Lipinski definition) is 2. The molecule has 2 heterocycles. The molecule has 1 aromatic rings. The predicted octanol–water partition coefficient (Wildman–Crippen LogP) is -0.466. The Labute approximate surface area is 147 Å². The zero-order valence-corrected chi connectivity index (χ0v) is 14.7. The number of nitrogens with zero attached hydrogens (tertiary/aromatic N) is 2. The molecular formula is C18H25N4O3+. The zero-order chi connectivity index (χ0) is 18.0. The van der Waals surface area contributed by atoms with Gasteiger partial charge >= 0.3 is 6.03 Å². The molecule has 2 N–H and O–H groups in total. The molecule has 0 radical (unpaired) electrons. The number of hydrogen-bond acceptors (Lipinski definition) is 4. The molecule has 3 amide bonds. The first-order valence-corrected chi connectivity index (χ1v) is 8.77. The maximum absolute atomic E-state index is 12.5. The van der Waals surface area contributed by atoms with Crippen LogP contribution in [0.25, 0.3) is 0 Å². The number of nitrogens with one attached hydrogen (secondary N) is 2. The highest BCUT2D eigenvalue weighted by Crippen LogP contribution is 2.15. The van der Waals surface area contributed by atoms with E-state index in [1.54, 1.807) is 6.92 Å². The lowest BCUT2D eigenvalue weighted by atomic mass is 10.1. The summed E-state index contributed by atoms with van der Waals surface area (Å²) in [6, 6.07) is 7.17. The smallest absolute Gasteiger partial charge is 0.324 e. The first-order valence-electron chi connectivity index (χ1n) is 8.77. The summed E-state index contributed by atoms with van der Waals surface area (Å²) < 4.78 is 0. The van der Waals surface area contributed by atoms with Crippen molar-refractivity contribution in [3.63, 3.8) is 0 Å². The van der Waals surface area contributed by atoms with E-state index in [4.69, 9.17) is 0 Å². The van der Waals surface area contributed by atoms with E-state index in [1.165, 1.54) is 9.80 Å². The molecule has 1 aromatic carbocycles. The van der Waals surface area contributed by atoms with Crippen molar-refractivity contribution in [1.82, 2.24) is 10.2 Å². The highest BCUT2D eigenvalue weighted by molar-refractivity contribution is 5.97. The van der Waals surface area contributed by atoms with Gasteiger partial charge in [0.15, 0.2) is 11.8 Å². The first-order chi connectivity index (χ1) is 12.0. The Morgan fingerprint density at radius 1 is 1.12 bits per heavy atom. The highest BCUT2D eigenvalue weighted by Gasteiger charge is 2.36. The van der Waals surface area contributed by atoms with Gasteiger partial charge in [-0.1, -0.05) is 0 Å². The molecule has 0 bridgehead atoms. The van der Waals surface area contributed by atoms with Crippen molar-refractivity contribution in [2.75, 3.05) is 44.2 Å². The fourth-order valence-electron chi connectivity index (χ4n) is 3.48. The molecule has 0 spiro atoms. The molecule has 0 saturated carbocycles. The van der Waals surface area contributed by atoms with Crippen LogP contribution in [-0.4, -0.2) is 67.9 Å². The molecule has 0 aromatic heterocycles. The highest BCUT2D eigenvalue weighted by atomic mass is 16.2. The SMILES string of the molecule is CC(=O)c1ccc(N2CC[NH+]([C@@H](C)C(=O)N3CCNC3=O)CC2)cc1. The molecule has 2 fully saturated rings. The summed E-state index contributed by atoms with van der Waals surface area (Å²) in [6.07, 6.45) is 0. The lowest BCUT2D eigenvalue weighted by Gasteiger charge is -2.36. The van der Waals surface area contributed by atoms with Crippen molar-refractivity contribution < 1.29 is 19.3 Å². The largest absolute Gasteiger partial charge is 0.360 e. The number of quaternary nitrogens is 1. The molecule has 0 unspecified atom stereocenters. The van der Waals surface area contributed by atoms with Gasteiger partial charge in [0.05, 0.1) is 26.2 Å². The van der Waals surface area contributed by atoms with E-state index in [9.17, 15) is 14.4 Å². The third-order valence-electron chi connectivity index (χ3n) is 5.15. The molecular weight excluding hydrogens is 320 g/mol. The predicted molar refractivity (Wildman–Crippen MR) is 93.9 cm³/mol. The zero-order valence-electron chi connectivity index (χ0n) is 14.7. The summed E-state index contributed by atoms with van der Waals surface area (Å²) in [6.45, 7) is 7.85. The number of amides is 3. The number of carbonyl (C=O) groups excluding carboxylic acids is 3. The van der Waals surface area contributed by atoms with E-state index >= 15 is 0 Å². The Morgan fingerprint density at radius 2 is 1.76 bits per heavy atom. The lowest BCUT2D eigenvalue weighted by Crippen LogP contribution is -3.19. The van der Waals surface area contributed by atoms with E-state index in [1.807, 2.05) is 31.2 Å². The number of anilines is 1.